The molecule has 0 amide bonds. The maximum Gasteiger partial charge on any atom is 0.254 e. The van der Waals surface area contributed by atoms with E-state index in [4.69, 9.17) is 0 Å². The van der Waals surface area contributed by atoms with Gasteiger partial charge in [-0.15, -0.1) is 0 Å². The second-order valence-corrected chi connectivity index (χ2v) is 4.99. The van der Waals surface area contributed by atoms with Crippen molar-refractivity contribution >= 4 is 17.3 Å². The fraction of sp³-hybridized carbons (Fsp3) is 0.200. The number of para-hydroxylation sites is 1. The molecule has 6 nitrogen and oxygen atoms in total. The molecule has 1 aromatic carbocycles. The van der Waals surface area contributed by atoms with Gasteiger partial charge in [-0.3, -0.25) is 0 Å². The molecule has 3 aromatic rings. The molecule has 0 saturated heterocycles. The number of aromatic nitrogens is 4. The smallest absolute Gasteiger partial charge is 0.254 e. The Kier molecular flexibility index (Phi) is 2.57. The first-order chi connectivity index (χ1) is 10.4. The van der Waals surface area contributed by atoms with Crippen molar-refractivity contribution < 1.29 is 0 Å². The van der Waals surface area contributed by atoms with E-state index in [2.05, 4.69) is 26.5 Å². The van der Waals surface area contributed by atoms with Crippen LogP contribution in [0.25, 0.3) is 5.78 Å². The first-order valence-corrected chi connectivity index (χ1v) is 6.84. The van der Waals surface area contributed by atoms with Crippen LogP contribution in [0.2, 0.25) is 0 Å². The summed E-state index contributed by atoms with van der Waals surface area (Å²) in [5, 5.41) is 16.8. The lowest BCUT2D eigenvalue weighted by atomic mass is 10.2. The van der Waals surface area contributed by atoms with Gasteiger partial charge < -0.3 is 5.32 Å². The third-order valence-corrected chi connectivity index (χ3v) is 3.75. The zero-order valence-electron chi connectivity index (χ0n) is 11.2. The van der Waals surface area contributed by atoms with Crippen molar-refractivity contribution in [1.82, 2.24) is 19.6 Å². The van der Waals surface area contributed by atoms with E-state index >= 15 is 0 Å². The predicted octanol–water partition coefficient (Wildman–Crippen LogP) is 2.23. The highest BCUT2D eigenvalue weighted by Crippen LogP contribution is 2.30. The molecule has 21 heavy (non-hydrogen) atoms. The average Bonchev–Trinajstić information content (AvgIpc) is 3.16. The zero-order chi connectivity index (χ0) is 14.2. The van der Waals surface area contributed by atoms with Gasteiger partial charge >= 0.3 is 0 Å². The van der Waals surface area contributed by atoms with Crippen LogP contribution in [0.3, 0.4) is 0 Å². The molecule has 102 valence electrons. The summed E-state index contributed by atoms with van der Waals surface area (Å²) in [4.78, 5) is 8.72. The maximum atomic E-state index is 9.23. The summed E-state index contributed by atoms with van der Waals surface area (Å²) in [6.07, 6.45) is 4.52. The first-order valence-electron chi connectivity index (χ1n) is 6.84. The Bertz CT molecular complexity index is 873. The van der Waals surface area contributed by atoms with E-state index in [1.165, 1.54) is 11.9 Å². The van der Waals surface area contributed by atoms with Crippen molar-refractivity contribution in [1.29, 1.82) is 5.26 Å². The monoisotopic (exact) mass is 276 g/mol. The summed E-state index contributed by atoms with van der Waals surface area (Å²) in [7, 11) is 0. The van der Waals surface area contributed by atoms with Crippen LogP contribution in [-0.2, 0) is 12.8 Å². The van der Waals surface area contributed by atoms with Crippen LogP contribution in [0.4, 0.5) is 11.5 Å². The molecule has 0 spiro atoms. The third-order valence-electron chi connectivity index (χ3n) is 3.75. The summed E-state index contributed by atoms with van der Waals surface area (Å²) >= 11 is 0. The molecule has 0 atom stereocenters. The number of rotatable bonds is 2. The largest absolute Gasteiger partial charge is 0.339 e. The molecular formula is C15H12N6. The van der Waals surface area contributed by atoms with Crippen molar-refractivity contribution in [3.63, 3.8) is 0 Å². The molecule has 4 rings (SSSR count). The molecule has 0 bridgehead atoms. The molecule has 0 aliphatic heterocycles. The summed E-state index contributed by atoms with van der Waals surface area (Å²) in [6.45, 7) is 0. The van der Waals surface area contributed by atoms with Gasteiger partial charge in [0, 0.05) is 5.56 Å². The number of hydrogen-bond acceptors (Lipinski definition) is 5. The van der Waals surface area contributed by atoms with Gasteiger partial charge in [-0.1, -0.05) is 12.1 Å². The highest BCUT2D eigenvalue weighted by molar-refractivity contribution is 5.68. The molecular weight excluding hydrogens is 264 g/mol. The number of benzene rings is 1. The van der Waals surface area contributed by atoms with Crippen LogP contribution in [0.15, 0.2) is 30.6 Å². The van der Waals surface area contributed by atoms with Crippen LogP contribution in [0, 0.1) is 11.3 Å². The van der Waals surface area contributed by atoms with E-state index in [1.54, 1.807) is 10.6 Å². The number of fused-ring (bicyclic) bond motifs is 2. The van der Waals surface area contributed by atoms with Gasteiger partial charge in [0.15, 0.2) is 0 Å². The molecule has 2 aromatic heterocycles. The van der Waals surface area contributed by atoms with Crippen molar-refractivity contribution in [3.8, 4) is 6.07 Å². The maximum absolute atomic E-state index is 9.23. The highest BCUT2D eigenvalue weighted by atomic mass is 15.4. The van der Waals surface area contributed by atoms with Gasteiger partial charge in [0.2, 0.25) is 0 Å². The Morgan fingerprint density at radius 1 is 1.24 bits per heavy atom. The van der Waals surface area contributed by atoms with Crippen molar-refractivity contribution in [2.75, 3.05) is 5.32 Å². The summed E-state index contributed by atoms with van der Waals surface area (Å²) < 4.78 is 1.71. The Balaban J connectivity index is 1.90. The number of nitriles is 1. The van der Waals surface area contributed by atoms with E-state index in [0.29, 0.717) is 11.3 Å². The second-order valence-electron chi connectivity index (χ2n) is 4.99. The van der Waals surface area contributed by atoms with E-state index in [9.17, 15) is 5.26 Å². The summed E-state index contributed by atoms with van der Waals surface area (Å²) in [5.41, 5.74) is 3.62. The van der Waals surface area contributed by atoms with Gasteiger partial charge in [0.25, 0.3) is 5.78 Å². The van der Waals surface area contributed by atoms with Crippen LogP contribution in [-0.4, -0.2) is 19.6 Å². The predicted molar refractivity (Wildman–Crippen MR) is 77.2 cm³/mol. The minimum Gasteiger partial charge on any atom is -0.339 e. The summed E-state index contributed by atoms with van der Waals surface area (Å²) in [5.74, 6) is 1.46. The van der Waals surface area contributed by atoms with Gasteiger partial charge in [0.05, 0.1) is 16.9 Å². The lowest BCUT2D eigenvalue weighted by molar-refractivity contribution is 0.900. The van der Waals surface area contributed by atoms with Crippen molar-refractivity contribution in [2.24, 2.45) is 0 Å². The second kappa shape index (κ2) is 4.56. The topological polar surface area (TPSA) is 78.9 Å². The van der Waals surface area contributed by atoms with Crippen molar-refractivity contribution in [2.45, 2.75) is 19.3 Å². The third kappa shape index (κ3) is 1.82. The lowest BCUT2D eigenvalue weighted by Gasteiger charge is -2.13. The van der Waals surface area contributed by atoms with Gasteiger partial charge in [-0.05, 0) is 31.4 Å². The van der Waals surface area contributed by atoms with E-state index in [0.717, 1.165) is 36.5 Å². The van der Waals surface area contributed by atoms with Crippen LogP contribution >= 0.6 is 0 Å². The standard InChI is InChI=1S/C15H12N6/c16-8-10-4-1-2-6-12(10)19-14-11-5-3-7-13(11)20-15-17-9-18-21(14)15/h1-2,4,6,9,19H,3,5,7H2. The number of hydrogen-bond donors (Lipinski definition) is 1. The fourth-order valence-corrected chi connectivity index (χ4v) is 2.77. The highest BCUT2D eigenvalue weighted by Gasteiger charge is 2.21. The molecule has 1 N–H and O–H groups in total. The van der Waals surface area contributed by atoms with Crippen LogP contribution < -0.4 is 5.32 Å². The average molecular weight is 276 g/mol. The minimum absolute atomic E-state index is 0.590. The van der Waals surface area contributed by atoms with E-state index in [1.807, 2.05) is 18.2 Å². The quantitative estimate of drug-likeness (QED) is 0.776. The number of aryl methyl sites for hydroxylation is 1. The Hall–Kier alpha value is -2.94. The Labute approximate surface area is 121 Å². The minimum atomic E-state index is 0.590. The molecule has 1 aliphatic carbocycles. The molecule has 0 saturated carbocycles. The molecule has 2 heterocycles. The normalized spacial score (nSPS) is 13.1. The Morgan fingerprint density at radius 2 is 2.14 bits per heavy atom. The Morgan fingerprint density at radius 3 is 3.05 bits per heavy atom. The number of nitrogens with one attached hydrogen (secondary N) is 1. The van der Waals surface area contributed by atoms with Gasteiger partial charge in [-0.2, -0.15) is 19.9 Å². The number of nitrogens with zero attached hydrogens (tertiary/aromatic N) is 5. The summed E-state index contributed by atoms with van der Waals surface area (Å²) in [6, 6.07) is 9.65. The molecule has 0 fully saturated rings. The molecule has 0 radical (unpaired) electrons. The van der Waals surface area contributed by atoms with Gasteiger partial charge in [0.1, 0.15) is 18.2 Å². The van der Waals surface area contributed by atoms with E-state index in [-0.39, 0.29) is 0 Å². The molecule has 6 heteroatoms. The number of anilines is 2. The lowest BCUT2D eigenvalue weighted by Crippen LogP contribution is -2.07. The van der Waals surface area contributed by atoms with Crippen LogP contribution in [0.1, 0.15) is 23.2 Å². The fourth-order valence-electron chi connectivity index (χ4n) is 2.77. The van der Waals surface area contributed by atoms with Crippen LogP contribution in [0.5, 0.6) is 0 Å². The van der Waals surface area contributed by atoms with E-state index < -0.39 is 0 Å². The molecule has 0 unspecified atom stereocenters. The zero-order valence-corrected chi connectivity index (χ0v) is 11.2. The molecule has 1 aliphatic rings. The van der Waals surface area contributed by atoms with Gasteiger partial charge in [-0.25, -0.2) is 4.98 Å². The first kappa shape index (κ1) is 11.9. The van der Waals surface area contributed by atoms with Crippen molar-refractivity contribution in [3.05, 3.63) is 47.4 Å². The SMILES string of the molecule is N#Cc1ccccc1Nc1c2c(nc3ncnn13)CCC2.